The average molecular weight is 306 g/mol. The number of aliphatic hydroxyl groups is 1. The van der Waals surface area contributed by atoms with Crippen molar-refractivity contribution < 1.29 is 24.3 Å². The molecule has 0 bridgehead atoms. The van der Waals surface area contributed by atoms with Gasteiger partial charge in [0, 0.05) is 18.9 Å². The number of hydroxylamine groups is 1. The molecule has 0 saturated carbocycles. The summed E-state index contributed by atoms with van der Waals surface area (Å²) in [6.45, 7) is 1.36. The SMILES string of the molecule is COC(=O)[C@@H]1C[C@@]2(O)c3ccccc3N(OC)[C@H]2N1C(C)=O. The third-order valence-electron chi connectivity index (χ3n) is 4.39. The minimum Gasteiger partial charge on any atom is -0.467 e. The van der Waals surface area contributed by atoms with Gasteiger partial charge in [-0.3, -0.25) is 9.63 Å². The standard InChI is InChI=1S/C15H18N2O5/c1-9(18)16-12(13(19)21-2)8-15(20)10-6-4-5-7-11(10)17(22-3)14(15)16/h4-7,12,14,20H,8H2,1-3H3/t12-,14+,15+/m0/s1. The maximum atomic E-state index is 12.1. The average Bonchev–Trinajstić information content (AvgIpc) is 2.94. The molecule has 0 unspecified atom stereocenters. The Bertz CT molecular complexity index is 634. The van der Waals surface area contributed by atoms with Crippen LogP contribution in [0.5, 0.6) is 0 Å². The Kier molecular flexibility index (Phi) is 3.34. The van der Waals surface area contributed by atoms with E-state index in [0.29, 0.717) is 11.3 Å². The third-order valence-corrected chi connectivity index (χ3v) is 4.39. The maximum Gasteiger partial charge on any atom is 0.328 e. The Morgan fingerprint density at radius 3 is 2.59 bits per heavy atom. The zero-order chi connectivity index (χ0) is 16.1. The van der Waals surface area contributed by atoms with Crippen molar-refractivity contribution in [3.05, 3.63) is 29.8 Å². The van der Waals surface area contributed by atoms with E-state index >= 15 is 0 Å². The van der Waals surface area contributed by atoms with E-state index in [-0.39, 0.29) is 12.3 Å². The zero-order valence-electron chi connectivity index (χ0n) is 12.6. The number of likely N-dealkylation sites (tertiary alicyclic amines) is 1. The Morgan fingerprint density at radius 1 is 1.32 bits per heavy atom. The Labute approximate surface area is 128 Å². The highest BCUT2D eigenvalue weighted by atomic mass is 16.7. The van der Waals surface area contributed by atoms with Crippen molar-refractivity contribution in [1.82, 2.24) is 4.90 Å². The largest absolute Gasteiger partial charge is 0.467 e. The van der Waals surface area contributed by atoms with E-state index in [4.69, 9.17) is 9.57 Å². The molecule has 1 aromatic rings. The molecule has 1 saturated heterocycles. The highest BCUT2D eigenvalue weighted by Gasteiger charge is 2.63. The second kappa shape index (κ2) is 4.96. The van der Waals surface area contributed by atoms with Gasteiger partial charge < -0.3 is 14.7 Å². The molecule has 1 amide bonds. The van der Waals surface area contributed by atoms with Crippen molar-refractivity contribution >= 4 is 17.6 Å². The van der Waals surface area contributed by atoms with E-state index in [2.05, 4.69) is 0 Å². The molecule has 1 aromatic carbocycles. The lowest BCUT2D eigenvalue weighted by atomic mass is 9.91. The van der Waals surface area contributed by atoms with Crippen LogP contribution in [0.1, 0.15) is 18.9 Å². The van der Waals surface area contributed by atoms with Crippen LogP contribution in [-0.2, 0) is 24.8 Å². The van der Waals surface area contributed by atoms with E-state index in [1.165, 1.54) is 31.1 Å². The van der Waals surface area contributed by atoms with Gasteiger partial charge >= 0.3 is 5.97 Å². The van der Waals surface area contributed by atoms with Crippen LogP contribution in [0.2, 0.25) is 0 Å². The number of methoxy groups -OCH3 is 1. The number of hydrogen-bond acceptors (Lipinski definition) is 6. The molecule has 2 heterocycles. The molecule has 22 heavy (non-hydrogen) atoms. The summed E-state index contributed by atoms with van der Waals surface area (Å²) in [6, 6.07) is 6.37. The number of rotatable bonds is 2. The number of benzene rings is 1. The first kappa shape index (κ1) is 14.8. The summed E-state index contributed by atoms with van der Waals surface area (Å²) < 4.78 is 4.78. The second-order valence-corrected chi connectivity index (χ2v) is 5.49. The minimum absolute atomic E-state index is 0.0702. The minimum atomic E-state index is -1.38. The summed E-state index contributed by atoms with van der Waals surface area (Å²) in [6.07, 6.45) is -0.725. The Balaban J connectivity index is 2.14. The van der Waals surface area contributed by atoms with Crippen LogP contribution in [0, 0.1) is 0 Å². The Hall–Kier alpha value is -2.12. The molecule has 2 aliphatic rings. The van der Waals surface area contributed by atoms with Gasteiger partial charge in [-0.05, 0) is 6.07 Å². The third kappa shape index (κ3) is 1.75. The molecule has 0 aromatic heterocycles. The van der Waals surface area contributed by atoms with E-state index in [9.17, 15) is 14.7 Å². The van der Waals surface area contributed by atoms with Crippen molar-refractivity contribution in [2.24, 2.45) is 0 Å². The monoisotopic (exact) mass is 306 g/mol. The lowest BCUT2D eigenvalue weighted by Crippen LogP contribution is -2.53. The lowest BCUT2D eigenvalue weighted by Gasteiger charge is -2.34. The number of nitrogens with zero attached hydrogens (tertiary/aromatic N) is 2. The van der Waals surface area contributed by atoms with Crippen LogP contribution in [0.3, 0.4) is 0 Å². The lowest BCUT2D eigenvalue weighted by molar-refractivity contribution is -0.152. The van der Waals surface area contributed by atoms with Gasteiger partial charge in [0.2, 0.25) is 5.91 Å². The molecule has 7 nitrogen and oxygen atoms in total. The summed E-state index contributed by atoms with van der Waals surface area (Å²) in [7, 11) is 2.73. The van der Waals surface area contributed by atoms with Crippen LogP contribution >= 0.6 is 0 Å². The first-order chi connectivity index (χ1) is 10.5. The fourth-order valence-corrected chi connectivity index (χ4v) is 3.54. The quantitative estimate of drug-likeness (QED) is 0.796. The molecular weight excluding hydrogens is 288 g/mol. The molecular formula is C15H18N2O5. The molecule has 2 aliphatic heterocycles. The van der Waals surface area contributed by atoms with Gasteiger partial charge in [0.15, 0.2) is 6.17 Å². The van der Waals surface area contributed by atoms with Crippen molar-refractivity contribution in [2.75, 3.05) is 19.3 Å². The predicted octanol–water partition coefficient (Wildman–Crippen LogP) is 0.375. The van der Waals surface area contributed by atoms with Crippen LogP contribution in [0.25, 0.3) is 0 Å². The van der Waals surface area contributed by atoms with Gasteiger partial charge in [-0.2, -0.15) is 0 Å². The number of fused-ring (bicyclic) bond motifs is 3. The van der Waals surface area contributed by atoms with Gasteiger partial charge in [0.05, 0.1) is 19.9 Å². The number of carbonyl (C=O) groups is 2. The molecule has 0 radical (unpaired) electrons. The van der Waals surface area contributed by atoms with Crippen LogP contribution < -0.4 is 5.06 Å². The zero-order valence-corrected chi connectivity index (χ0v) is 12.6. The summed E-state index contributed by atoms with van der Waals surface area (Å²) in [5, 5.41) is 12.7. The molecule has 118 valence electrons. The first-order valence-electron chi connectivity index (χ1n) is 6.97. The van der Waals surface area contributed by atoms with Gasteiger partial charge in [0.25, 0.3) is 0 Å². The number of amides is 1. The highest BCUT2D eigenvalue weighted by Crippen LogP contribution is 2.52. The van der Waals surface area contributed by atoms with E-state index in [1.54, 1.807) is 18.2 Å². The van der Waals surface area contributed by atoms with Crippen LogP contribution in [-0.4, -0.2) is 48.3 Å². The molecule has 0 aliphatic carbocycles. The summed E-state index contributed by atoms with van der Waals surface area (Å²) in [4.78, 5) is 30.8. The van der Waals surface area contributed by atoms with E-state index in [0.717, 1.165) is 0 Å². The van der Waals surface area contributed by atoms with E-state index in [1.807, 2.05) is 6.07 Å². The highest BCUT2D eigenvalue weighted by molar-refractivity contribution is 5.86. The number of hydrogen-bond donors (Lipinski definition) is 1. The predicted molar refractivity (Wildman–Crippen MR) is 76.6 cm³/mol. The summed E-state index contributed by atoms with van der Waals surface area (Å²) in [5.74, 6) is -0.877. The van der Waals surface area contributed by atoms with Crippen LogP contribution in [0.4, 0.5) is 5.69 Å². The number of ether oxygens (including phenoxy) is 1. The van der Waals surface area contributed by atoms with Crippen molar-refractivity contribution in [2.45, 2.75) is 31.2 Å². The summed E-state index contributed by atoms with van der Waals surface area (Å²) in [5.41, 5.74) is -0.0523. The second-order valence-electron chi connectivity index (χ2n) is 5.49. The molecule has 7 heteroatoms. The summed E-state index contributed by atoms with van der Waals surface area (Å²) >= 11 is 0. The fraction of sp³-hybridized carbons (Fsp3) is 0.467. The molecule has 1 fully saturated rings. The maximum absolute atomic E-state index is 12.1. The fourth-order valence-electron chi connectivity index (χ4n) is 3.54. The number of carbonyl (C=O) groups excluding carboxylic acids is 2. The van der Waals surface area contributed by atoms with Gasteiger partial charge in [-0.25, -0.2) is 9.86 Å². The molecule has 1 N–H and O–H groups in total. The first-order valence-corrected chi connectivity index (χ1v) is 6.97. The van der Waals surface area contributed by atoms with Gasteiger partial charge in [-0.15, -0.1) is 0 Å². The Morgan fingerprint density at radius 2 is 2.00 bits per heavy atom. The number of esters is 1. The molecule has 3 atom stereocenters. The van der Waals surface area contributed by atoms with Gasteiger partial charge in [0.1, 0.15) is 11.6 Å². The van der Waals surface area contributed by atoms with E-state index < -0.39 is 23.8 Å². The smallest absolute Gasteiger partial charge is 0.328 e. The van der Waals surface area contributed by atoms with Gasteiger partial charge in [-0.1, -0.05) is 18.2 Å². The number of anilines is 1. The number of para-hydroxylation sites is 1. The molecule has 3 rings (SSSR count). The van der Waals surface area contributed by atoms with Crippen molar-refractivity contribution in [1.29, 1.82) is 0 Å². The van der Waals surface area contributed by atoms with Crippen molar-refractivity contribution in [3.8, 4) is 0 Å². The van der Waals surface area contributed by atoms with Crippen molar-refractivity contribution in [3.63, 3.8) is 0 Å². The normalized spacial score (nSPS) is 29.3. The topological polar surface area (TPSA) is 79.3 Å². The molecule has 0 spiro atoms. The van der Waals surface area contributed by atoms with Crippen LogP contribution in [0.15, 0.2) is 24.3 Å².